The van der Waals surface area contributed by atoms with Gasteiger partial charge in [-0.15, -0.1) is 11.8 Å². The number of anilines is 1. The number of nitrogens with one attached hydrogen (secondary N) is 1. The molecule has 0 saturated carbocycles. The van der Waals surface area contributed by atoms with Gasteiger partial charge in [0.2, 0.25) is 5.91 Å². The first kappa shape index (κ1) is 17.1. The van der Waals surface area contributed by atoms with Crippen LogP contribution in [0, 0.1) is 0 Å². The van der Waals surface area contributed by atoms with Crippen LogP contribution in [0.5, 0.6) is 0 Å². The molecule has 0 aromatic heterocycles. The fourth-order valence-electron chi connectivity index (χ4n) is 1.96. The van der Waals surface area contributed by atoms with Crippen molar-refractivity contribution in [1.82, 2.24) is 0 Å². The van der Waals surface area contributed by atoms with Crippen LogP contribution < -0.4 is 5.32 Å². The highest BCUT2D eigenvalue weighted by molar-refractivity contribution is 7.98. The molecule has 2 rings (SSSR count). The topological polar surface area (TPSA) is 29.1 Å². The Morgan fingerprint density at radius 2 is 1.78 bits per heavy atom. The van der Waals surface area contributed by atoms with Crippen LogP contribution in [0.15, 0.2) is 65.6 Å². The van der Waals surface area contributed by atoms with E-state index in [4.69, 9.17) is 0 Å². The average Bonchev–Trinajstić information content (AvgIpc) is 2.52. The molecule has 2 aromatic carbocycles. The molecule has 0 fully saturated rings. The third-order valence-corrected chi connectivity index (χ3v) is 3.73. The highest BCUT2D eigenvalue weighted by atomic mass is 32.2. The Morgan fingerprint density at radius 1 is 1.09 bits per heavy atom. The lowest BCUT2D eigenvalue weighted by molar-refractivity contribution is -0.112. The van der Waals surface area contributed by atoms with Crippen molar-refractivity contribution in [1.29, 1.82) is 0 Å². The predicted octanol–water partition coefficient (Wildman–Crippen LogP) is 4.99. The van der Waals surface area contributed by atoms with Crippen LogP contribution in [0.4, 0.5) is 18.9 Å². The molecule has 0 bridgehead atoms. The molecule has 23 heavy (non-hydrogen) atoms. The van der Waals surface area contributed by atoms with Crippen molar-refractivity contribution in [3.05, 3.63) is 66.2 Å². The molecule has 0 atom stereocenters. The molecule has 1 N–H and O–H groups in total. The van der Waals surface area contributed by atoms with Crippen molar-refractivity contribution in [3.63, 3.8) is 0 Å². The number of carbonyl (C=O) groups excluding carboxylic acids is 1. The van der Waals surface area contributed by atoms with E-state index in [1.165, 1.54) is 36.0 Å². The minimum atomic E-state index is -4.61. The largest absolute Gasteiger partial charge is 0.417 e. The molecular weight excluding hydrogens is 323 g/mol. The summed E-state index contributed by atoms with van der Waals surface area (Å²) in [5.74, 6) is -0.820. The quantitative estimate of drug-likeness (QED) is 0.629. The number of hydrogen-bond acceptors (Lipinski definition) is 2. The number of rotatable bonds is 4. The number of benzene rings is 2. The summed E-state index contributed by atoms with van der Waals surface area (Å²) in [5.41, 5.74) is -0.572. The summed E-state index contributed by atoms with van der Waals surface area (Å²) in [5, 5.41) is 2.46. The van der Waals surface area contributed by atoms with Crippen molar-refractivity contribution >= 4 is 28.9 Å². The lowest BCUT2D eigenvalue weighted by Gasteiger charge is -2.12. The zero-order valence-electron chi connectivity index (χ0n) is 12.2. The first-order valence-corrected chi connectivity index (χ1v) is 7.92. The maximum absolute atomic E-state index is 13.2. The van der Waals surface area contributed by atoms with E-state index >= 15 is 0 Å². The molecule has 0 aliphatic rings. The van der Waals surface area contributed by atoms with Crippen LogP contribution >= 0.6 is 11.8 Å². The van der Waals surface area contributed by atoms with E-state index in [1.54, 1.807) is 24.3 Å². The summed E-state index contributed by atoms with van der Waals surface area (Å²) in [6, 6.07) is 14.2. The van der Waals surface area contributed by atoms with Crippen LogP contribution in [-0.4, -0.2) is 18.3 Å². The lowest BCUT2D eigenvalue weighted by Crippen LogP contribution is -2.16. The molecule has 0 radical (unpaired) electrons. The summed E-state index contributed by atoms with van der Waals surface area (Å²) in [6.07, 6.45) is -2.15. The molecule has 0 aliphatic carbocycles. The minimum Gasteiger partial charge on any atom is -0.322 e. The van der Waals surface area contributed by atoms with Gasteiger partial charge in [0.15, 0.2) is 0 Å². The number of allylic oxidation sites excluding steroid dienone is 1. The molecular formula is C17H14F3NOS. The second kappa shape index (κ2) is 7.37. The Hall–Kier alpha value is -2.21. The fourth-order valence-corrected chi connectivity index (χ4v) is 2.42. The molecule has 0 unspecified atom stereocenters. The Balaban J connectivity index is 2.26. The first-order valence-electron chi connectivity index (χ1n) is 6.69. The summed E-state index contributed by atoms with van der Waals surface area (Å²) < 4.78 is 39.5. The fraction of sp³-hybridized carbons (Fsp3) is 0.118. The molecule has 6 heteroatoms. The standard InChI is InChI=1S/C17H14F3NOS/c1-23-14-9-5-8-13(10-14)21-16(22)11-15(17(18,19)20)12-6-3-2-4-7-12/h2-11H,1H3,(H,21,22)/b15-11-. The van der Waals surface area contributed by atoms with Gasteiger partial charge in [-0.1, -0.05) is 36.4 Å². The lowest BCUT2D eigenvalue weighted by atomic mass is 10.1. The normalized spacial score (nSPS) is 12.1. The maximum Gasteiger partial charge on any atom is 0.417 e. The Morgan fingerprint density at radius 3 is 2.39 bits per heavy atom. The van der Waals surface area contributed by atoms with Gasteiger partial charge in [0.05, 0.1) is 5.57 Å². The first-order chi connectivity index (χ1) is 10.9. The number of hydrogen-bond donors (Lipinski definition) is 1. The maximum atomic E-state index is 13.2. The SMILES string of the molecule is CSc1cccc(NC(=O)/C=C(/c2ccccc2)C(F)(F)F)c1. The van der Waals surface area contributed by atoms with Crippen molar-refractivity contribution in [2.24, 2.45) is 0 Å². The van der Waals surface area contributed by atoms with E-state index in [2.05, 4.69) is 5.32 Å². The molecule has 2 nitrogen and oxygen atoms in total. The second-order valence-corrected chi connectivity index (χ2v) is 5.52. The van der Waals surface area contributed by atoms with Crippen molar-refractivity contribution in [2.45, 2.75) is 11.1 Å². The molecule has 1 amide bonds. The van der Waals surface area contributed by atoms with Gasteiger partial charge >= 0.3 is 6.18 Å². The zero-order chi connectivity index (χ0) is 16.9. The third-order valence-electron chi connectivity index (χ3n) is 3.00. The van der Waals surface area contributed by atoms with Gasteiger partial charge in [0.1, 0.15) is 0 Å². The van der Waals surface area contributed by atoms with Crippen molar-refractivity contribution in [2.75, 3.05) is 11.6 Å². The molecule has 0 spiro atoms. The Kier molecular flexibility index (Phi) is 5.50. The van der Waals surface area contributed by atoms with Gasteiger partial charge < -0.3 is 5.32 Å². The van der Waals surface area contributed by atoms with E-state index in [0.717, 1.165) is 4.90 Å². The van der Waals surface area contributed by atoms with Crippen LogP contribution in [0.1, 0.15) is 5.56 Å². The van der Waals surface area contributed by atoms with Gasteiger partial charge in [-0.3, -0.25) is 4.79 Å². The van der Waals surface area contributed by atoms with Gasteiger partial charge in [-0.05, 0) is 30.0 Å². The second-order valence-electron chi connectivity index (χ2n) is 4.64. The van der Waals surface area contributed by atoms with E-state index < -0.39 is 17.7 Å². The molecule has 2 aromatic rings. The van der Waals surface area contributed by atoms with Crippen molar-refractivity contribution < 1.29 is 18.0 Å². The van der Waals surface area contributed by atoms with Crippen LogP contribution in [0.2, 0.25) is 0 Å². The van der Waals surface area contributed by atoms with E-state index in [-0.39, 0.29) is 5.56 Å². The number of amides is 1. The van der Waals surface area contributed by atoms with Crippen LogP contribution in [0.3, 0.4) is 0 Å². The number of thioether (sulfide) groups is 1. The monoisotopic (exact) mass is 337 g/mol. The zero-order valence-corrected chi connectivity index (χ0v) is 13.0. The Bertz CT molecular complexity index is 711. The third kappa shape index (κ3) is 4.89. The predicted molar refractivity (Wildman–Crippen MR) is 87.3 cm³/mol. The van der Waals surface area contributed by atoms with E-state index in [1.807, 2.05) is 12.3 Å². The van der Waals surface area contributed by atoms with Crippen LogP contribution in [0.25, 0.3) is 5.57 Å². The average molecular weight is 337 g/mol. The van der Waals surface area contributed by atoms with Crippen LogP contribution in [-0.2, 0) is 4.79 Å². The number of alkyl halides is 3. The highest BCUT2D eigenvalue weighted by Crippen LogP contribution is 2.33. The summed E-state index contributed by atoms with van der Waals surface area (Å²) in [6.45, 7) is 0. The highest BCUT2D eigenvalue weighted by Gasteiger charge is 2.35. The molecule has 0 heterocycles. The van der Waals surface area contributed by atoms with Gasteiger partial charge in [-0.2, -0.15) is 13.2 Å². The smallest absolute Gasteiger partial charge is 0.322 e. The minimum absolute atomic E-state index is 0.0481. The summed E-state index contributed by atoms with van der Waals surface area (Å²) >= 11 is 1.48. The molecule has 120 valence electrons. The summed E-state index contributed by atoms with van der Waals surface area (Å²) in [7, 11) is 0. The van der Waals surface area contributed by atoms with Gasteiger partial charge in [0.25, 0.3) is 0 Å². The van der Waals surface area contributed by atoms with E-state index in [9.17, 15) is 18.0 Å². The van der Waals surface area contributed by atoms with Gasteiger partial charge in [-0.25, -0.2) is 0 Å². The summed E-state index contributed by atoms with van der Waals surface area (Å²) in [4.78, 5) is 12.9. The number of halogens is 3. The molecule has 0 aliphatic heterocycles. The Labute approximate surface area is 136 Å². The number of carbonyl (C=O) groups is 1. The van der Waals surface area contributed by atoms with E-state index in [0.29, 0.717) is 11.8 Å². The van der Waals surface area contributed by atoms with Gasteiger partial charge in [0, 0.05) is 16.7 Å². The molecule has 0 saturated heterocycles. The van der Waals surface area contributed by atoms with Crippen molar-refractivity contribution in [3.8, 4) is 0 Å².